The number of Topliss-reactive ketones (excluding diaryl/α,β-unsaturated/α-hetero) is 1. The number of hydrogen-bond acceptors (Lipinski definition) is 4. The molecule has 0 radical (unpaired) electrons. The van der Waals surface area contributed by atoms with Crippen LogP contribution in [0.5, 0.6) is 0 Å². The molecule has 4 nitrogen and oxygen atoms in total. The Balaban J connectivity index is 2.23. The maximum absolute atomic E-state index is 10.9. The molecule has 78 valence electrons. The van der Waals surface area contributed by atoms with Gasteiger partial charge in [-0.25, -0.2) is 4.98 Å². The summed E-state index contributed by atoms with van der Waals surface area (Å²) in [5, 5.41) is 0. The van der Waals surface area contributed by atoms with E-state index in [2.05, 4.69) is 4.98 Å². The molecule has 15 heavy (non-hydrogen) atoms. The molecular weight excluding hydrogens is 194 g/mol. The first-order chi connectivity index (χ1) is 7.15. The second kappa shape index (κ2) is 3.73. The van der Waals surface area contributed by atoms with E-state index in [1.807, 2.05) is 13.0 Å². The minimum absolute atomic E-state index is 0.0494. The van der Waals surface area contributed by atoms with E-state index in [0.29, 0.717) is 17.4 Å². The molecule has 2 heterocycles. The van der Waals surface area contributed by atoms with Crippen molar-refractivity contribution in [2.45, 2.75) is 20.3 Å². The van der Waals surface area contributed by atoms with Gasteiger partial charge in [0.15, 0.2) is 5.76 Å². The van der Waals surface area contributed by atoms with Gasteiger partial charge in [-0.3, -0.25) is 4.79 Å². The lowest BCUT2D eigenvalue weighted by atomic mass is 10.3. The Morgan fingerprint density at radius 3 is 2.80 bits per heavy atom. The lowest BCUT2D eigenvalue weighted by Gasteiger charge is -1.89. The van der Waals surface area contributed by atoms with Crippen LogP contribution in [0.15, 0.2) is 27.2 Å². The molecule has 2 aromatic rings. The summed E-state index contributed by atoms with van der Waals surface area (Å²) in [5.41, 5.74) is 0. The average molecular weight is 205 g/mol. The summed E-state index contributed by atoms with van der Waals surface area (Å²) in [6.07, 6.45) is 1.82. The highest BCUT2D eigenvalue weighted by Gasteiger charge is 2.10. The predicted molar refractivity (Wildman–Crippen MR) is 53.3 cm³/mol. The lowest BCUT2D eigenvalue weighted by Crippen LogP contribution is -1.93. The summed E-state index contributed by atoms with van der Waals surface area (Å²) in [6.45, 7) is 3.36. The molecular formula is C11H11NO3. The van der Waals surface area contributed by atoms with Gasteiger partial charge in [-0.05, 0) is 26.0 Å². The molecule has 0 saturated carbocycles. The summed E-state index contributed by atoms with van der Waals surface area (Å²) in [5.74, 6) is 2.41. The van der Waals surface area contributed by atoms with Gasteiger partial charge in [-0.2, -0.15) is 0 Å². The Kier molecular flexibility index (Phi) is 2.41. The zero-order chi connectivity index (χ0) is 10.8. The van der Waals surface area contributed by atoms with Crippen molar-refractivity contribution in [3.8, 4) is 11.7 Å². The van der Waals surface area contributed by atoms with Gasteiger partial charge in [0.1, 0.15) is 17.3 Å². The second-order valence-electron chi connectivity index (χ2n) is 3.42. The fraction of sp³-hybridized carbons (Fsp3) is 0.273. The number of nitrogens with zero attached hydrogens (tertiary/aromatic N) is 1. The predicted octanol–water partition coefficient (Wildman–Crippen LogP) is 2.37. The Labute approximate surface area is 86.9 Å². The summed E-state index contributed by atoms with van der Waals surface area (Å²) < 4.78 is 10.7. The standard InChI is InChI=1S/C11H11NO3/c1-7(13)5-9-6-12-11(15-9)10-4-3-8(2)14-10/h3-4,6H,5H2,1-2H3. The topological polar surface area (TPSA) is 56.2 Å². The van der Waals surface area contributed by atoms with Crippen molar-refractivity contribution in [3.63, 3.8) is 0 Å². The van der Waals surface area contributed by atoms with Crippen molar-refractivity contribution in [1.82, 2.24) is 4.98 Å². The van der Waals surface area contributed by atoms with E-state index in [1.165, 1.54) is 6.92 Å². The van der Waals surface area contributed by atoms with E-state index < -0.39 is 0 Å². The minimum atomic E-state index is 0.0494. The van der Waals surface area contributed by atoms with E-state index in [1.54, 1.807) is 12.3 Å². The molecule has 2 rings (SSSR count). The van der Waals surface area contributed by atoms with Gasteiger partial charge >= 0.3 is 0 Å². The molecule has 0 aliphatic rings. The summed E-state index contributed by atoms with van der Waals surface area (Å²) in [7, 11) is 0. The van der Waals surface area contributed by atoms with Crippen LogP contribution in [0.3, 0.4) is 0 Å². The highest BCUT2D eigenvalue weighted by Crippen LogP contribution is 2.21. The van der Waals surface area contributed by atoms with Gasteiger partial charge in [0.25, 0.3) is 5.89 Å². The number of ketones is 1. The molecule has 0 aliphatic heterocycles. The molecule has 0 amide bonds. The molecule has 0 atom stereocenters. The highest BCUT2D eigenvalue weighted by molar-refractivity contribution is 5.77. The van der Waals surface area contributed by atoms with Crippen molar-refractivity contribution in [1.29, 1.82) is 0 Å². The molecule has 0 N–H and O–H groups in total. The van der Waals surface area contributed by atoms with Gasteiger partial charge in [-0.1, -0.05) is 0 Å². The Bertz CT molecular complexity index is 481. The molecule has 2 aromatic heterocycles. The maximum atomic E-state index is 10.9. The summed E-state index contributed by atoms with van der Waals surface area (Å²) >= 11 is 0. The van der Waals surface area contributed by atoms with Crippen LogP contribution in [0.2, 0.25) is 0 Å². The fourth-order valence-corrected chi connectivity index (χ4v) is 1.30. The molecule has 4 heteroatoms. The van der Waals surface area contributed by atoms with Gasteiger partial charge in [0.2, 0.25) is 0 Å². The van der Waals surface area contributed by atoms with Crippen LogP contribution >= 0.6 is 0 Å². The van der Waals surface area contributed by atoms with Crippen LogP contribution in [0.4, 0.5) is 0 Å². The normalized spacial score (nSPS) is 10.5. The number of furan rings is 1. The summed E-state index contributed by atoms with van der Waals surface area (Å²) in [4.78, 5) is 14.9. The molecule has 0 saturated heterocycles. The molecule has 0 unspecified atom stereocenters. The number of aryl methyl sites for hydroxylation is 1. The third-order valence-electron chi connectivity index (χ3n) is 1.93. The van der Waals surface area contributed by atoms with Crippen molar-refractivity contribution < 1.29 is 13.6 Å². The van der Waals surface area contributed by atoms with Crippen LogP contribution < -0.4 is 0 Å². The van der Waals surface area contributed by atoms with Crippen LogP contribution in [0.25, 0.3) is 11.7 Å². The van der Waals surface area contributed by atoms with Gasteiger partial charge in [0, 0.05) is 0 Å². The van der Waals surface area contributed by atoms with Crippen molar-refractivity contribution in [2.24, 2.45) is 0 Å². The maximum Gasteiger partial charge on any atom is 0.263 e. The van der Waals surface area contributed by atoms with Crippen LogP contribution in [-0.2, 0) is 11.2 Å². The van der Waals surface area contributed by atoms with Gasteiger partial charge in [0.05, 0.1) is 12.6 Å². The molecule has 0 aromatic carbocycles. The van der Waals surface area contributed by atoms with Crippen LogP contribution in [0.1, 0.15) is 18.4 Å². The van der Waals surface area contributed by atoms with Crippen molar-refractivity contribution in [3.05, 3.63) is 29.9 Å². The largest absolute Gasteiger partial charge is 0.456 e. The molecule has 0 bridgehead atoms. The summed E-state index contributed by atoms with van der Waals surface area (Å²) in [6, 6.07) is 3.63. The zero-order valence-electron chi connectivity index (χ0n) is 8.61. The number of carbonyl (C=O) groups excluding carboxylic acids is 1. The monoisotopic (exact) mass is 205 g/mol. The first-order valence-corrected chi connectivity index (χ1v) is 4.66. The van der Waals surface area contributed by atoms with Crippen LogP contribution in [-0.4, -0.2) is 10.8 Å². The minimum Gasteiger partial charge on any atom is -0.456 e. The average Bonchev–Trinajstić information content (AvgIpc) is 2.72. The molecule has 0 aliphatic carbocycles. The fourth-order valence-electron chi connectivity index (χ4n) is 1.30. The molecule has 0 spiro atoms. The first kappa shape index (κ1) is 9.71. The number of oxazole rings is 1. The Hall–Kier alpha value is -1.84. The number of aromatic nitrogens is 1. The van der Waals surface area contributed by atoms with Crippen LogP contribution in [0, 0.1) is 6.92 Å². The number of rotatable bonds is 3. The SMILES string of the molecule is CC(=O)Cc1cnc(-c2ccc(C)o2)o1. The third-order valence-corrected chi connectivity index (χ3v) is 1.93. The smallest absolute Gasteiger partial charge is 0.263 e. The van der Waals surface area contributed by atoms with Gasteiger partial charge < -0.3 is 8.83 Å². The van der Waals surface area contributed by atoms with E-state index >= 15 is 0 Å². The van der Waals surface area contributed by atoms with E-state index in [4.69, 9.17) is 8.83 Å². The van der Waals surface area contributed by atoms with E-state index in [9.17, 15) is 4.79 Å². The number of carbonyl (C=O) groups is 1. The zero-order valence-corrected chi connectivity index (χ0v) is 8.61. The van der Waals surface area contributed by atoms with Crippen molar-refractivity contribution >= 4 is 5.78 Å². The third kappa shape index (κ3) is 2.15. The Morgan fingerprint density at radius 1 is 1.40 bits per heavy atom. The second-order valence-corrected chi connectivity index (χ2v) is 3.42. The van der Waals surface area contributed by atoms with Crippen molar-refractivity contribution in [2.75, 3.05) is 0 Å². The van der Waals surface area contributed by atoms with Gasteiger partial charge in [-0.15, -0.1) is 0 Å². The quantitative estimate of drug-likeness (QED) is 0.771. The Morgan fingerprint density at radius 2 is 2.20 bits per heavy atom. The highest BCUT2D eigenvalue weighted by atomic mass is 16.4. The lowest BCUT2D eigenvalue weighted by molar-refractivity contribution is -0.116. The van der Waals surface area contributed by atoms with E-state index in [-0.39, 0.29) is 12.2 Å². The van der Waals surface area contributed by atoms with E-state index in [0.717, 1.165) is 5.76 Å². The first-order valence-electron chi connectivity index (χ1n) is 4.66. The molecule has 0 fully saturated rings. The number of hydrogen-bond donors (Lipinski definition) is 0.